The Labute approximate surface area is 98.5 Å². The first kappa shape index (κ1) is 12.5. The van der Waals surface area contributed by atoms with Gasteiger partial charge in [-0.05, 0) is 17.7 Å². The molecule has 0 saturated carbocycles. The summed E-state index contributed by atoms with van der Waals surface area (Å²) in [5, 5.41) is 2.37. The van der Waals surface area contributed by atoms with Crippen LogP contribution in [0.3, 0.4) is 0 Å². The molecule has 0 spiro atoms. The molecular formula is C10H7F4NO3. The van der Waals surface area contributed by atoms with Crippen molar-refractivity contribution < 1.29 is 31.8 Å². The lowest BCUT2D eigenvalue weighted by Crippen LogP contribution is -2.20. The van der Waals surface area contributed by atoms with Crippen LogP contribution >= 0.6 is 0 Å². The lowest BCUT2D eigenvalue weighted by molar-refractivity contribution is -0.275. The van der Waals surface area contributed by atoms with Crippen LogP contribution in [-0.2, 0) is 4.74 Å². The lowest BCUT2D eigenvalue weighted by Gasteiger charge is -2.12. The van der Waals surface area contributed by atoms with E-state index in [9.17, 15) is 22.4 Å². The molecule has 0 aromatic heterocycles. The zero-order chi connectivity index (χ0) is 13.3. The second kappa shape index (κ2) is 4.35. The molecule has 1 fully saturated rings. The van der Waals surface area contributed by atoms with Crippen molar-refractivity contribution in [3.8, 4) is 5.75 Å². The van der Waals surface area contributed by atoms with Crippen LogP contribution in [-0.4, -0.2) is 19.1 Å². The van der Waals surface area contributed by atoms with Gasteiger partial charge in [-0.15, -0.1) is 13.2 Å². The molecule has 1 aliphatic rings. The molecule has 1 amide bonds. The van der Waals surface area contributed by atoms with E-state index in [1.807, 2.05) is 0 Å². The van der Waals surface area contributed by atoms with Gasteiger partial charge in [0.15, 0.2) is 11.6 Å². The Morgan fingerprint density at radius 1 is 1.39 bits per heavy atom. The summed E-state index contributed by atoms with van der Waals surface area (Å²) in [6, 6.07) is 2.36. The van der Waals surface area contributed by atoms with Crippen molar-refractivity contribution in [1.29, 1.82) is 0 Å². The summed E-state index contributed by atoms with van der Waals surface area (Å²) in [5.41, 5.74) is 0.299. The number of carbonyl (C=O) groups excluding carboxylic acids is 1. The maximum absolute atomic E-state index is 13.4. The number of ether oxygens (including phenoxy) is 2. The first-order valence-corrected chi connectivity index (χ1v) is 4.83. The fourth-order valence-corrected chi connectivity index (χ4v) is 1.51. The van der Waals surface area contributed by atoms with Crippen LogP contribution in [0.15, 0.2) is 18.2 Å². The van der Waals surface area contributed by atoms with Crippen LogP contribution in [0.5, 0.6) is 5.75 Å². The molecule has 0 radical (unpaired) electrons. The molecule has 1 atom stereocenters. The minimum Gasteiger partial charge on any atom is -0.447 e. The third-order valence-corrected chi connectivity index (χ3v) is 2.26. The smallest absolute Gasteiger partial charge is 0.447 e. The van der Waals surface area contributed by atoms with Crippen LogP contribution in [0.2, 0.25) is 0 Å². The highest BCUT2D eigenvalue weighted by Crippen LogP contribution is 2.28. The molecule has 1 aromatic rings. The molecular weight excluding hydrogens is 258 g/mol. The highest BCUT2D eigenvalue weighted by atomic mass is 19.4. The van der Waals surface area contributed by atoms with Gasteiger partial charge < -0.3 is 14.8 Å². The first-order valence-electron chi connectivity index (χ1n) is 4.83. The van der Waals surface area contributed by atoms with Gasteiger partial charge in [-0.3, -0.25) is 0 Å². The normalized spacial score (nSPS) is 19.3. The Kier molecular flexibility index (Phi) is 3.02. The summed E-state index contributed by atoms with van der Waals surface area (Å²) in [6.07, 6.45) is -5.61. The number of alkyl halides is 3. The summed E-state index contributed by atoms with van der Waals surface area (Å²) in [6.45, 7) is -0.00223. The number of benzene rings is 1. The van der Waals surface area contributed by atoms with Gasteiger partial charge in [0.1, 0.15) is 6.61 Å². The van der Waals surface area contributed by atoms with E-state index in [4.69, 9.17) is 0 Å². The molecule has 1 saturated heterocycles. The van der Waals surface area contributed by atoms with E-state index in [0.29, 0.717) is 5.56 Å². The predicted octanol–water partition coefficient (Wildman–Crippen LogP) is 2.51. The van der Waals surface area contributed by atoms with Gasteiger partial charge in [0.2, 0.25) is 0 Å². The molecule has 0 unspecified atom stereocenters. The Morgan fingerprint density at radius 3 is 2.61 bits per heavy atom. The van der Waals surface area contributed by atoms with E-state index in [1.54, 1.807) is 0 Å². The topological polar surface area (TPSA) is 47.6 Å². The largest absolute Gasteiger partial charge is 0.573 e. The predicted molar refractivity (Wildman–Crippen MR) is 50.3 cm³/mol. The number of hydrogen-bond acceptors (Lipinski definition) is 3. The number of alkyl carbamates (subject to hydrolysis) is 1. The van der Waals surface area contributed by atoms with Crippen molar-refractivity contribution in [2.45, 2.75) is 12.4 Å². The molecule has 1 aromatic carbocycles. The average Bonchev–Trinajstić information content (AvgIpc) is 2.66. The van der Waals surface area contributed by atoms with Gasteiger partial charge in [-0.1, -0.05) is 6.07 Å². The zero-order valence-corrected chi connectivity index (χ0v) is 8.75. The number of cyclic esters (lactones) is 1. The minimum absolute atomic E-state index is 0.00223. The van der Waals surface area contributed by atoms with Crippen LogP contribution < -0.4 is 10.1 Å². The van der Waals surface area contributed by atoms with E-state index in [1.165, 1.54) is 6.07 Å². The van der Waals surface area contributed by atoms with Gasteiger partial charge in [-0.2, -0.15) is 0 Å². The van der Waals surface area contributed by atoms with Crippen molar-refractivity contribution in [2.24, 2.45) is 0 Å². The van der Waals surface area contributed by atoms with E-state index in [0.717, 1.165) is 12.1 Å². The van der Waals surface area contributed by atoms with Crippen molar-refractivity contribution in [3.05, 3.63) is 29.6 Å². The molecule has 98 valence electrons. The summed E-state index contributed by atoms with van der Waals surface area (Å²) in [7, 11) is 0. The van der Waals surface area contributed by atoms with Gasteiger partial charge in [-0.25, -0.2) is 9.18 Å². The molecule has 1 aliphatic heterocycles. The second-order valence-electron chi connectivity index (χ2n) is 3.53. The van der Waals surface area contributed by atoms with Crippen molar-refractivity contribution in [2.75, 3.05) is 6.61 Å². The number of carbonyl (C=O) groups is 1. The highest BCUT2D eigenvalue weighted by molar-refractivity contribution is 5.70. The van der Waals surface area contributed by atoms with Crippen LogP contribution in [0.4, 0.5) is 22.4 Å². The first-order chi connectivity index (χ1) is 8.35. The standard InChI is InChI=1S/C10H7F4NO3/c11-6-3-5(7-4-17-9(16)15-7)1-2-8(6)18-10(12,13)14/h1-3,7H,4H2,(H,15,16)/t7-/m0/s1. The van der Waals surface area contributed by atoms with Crippen molar-refractivity contribution in [3.63, 3.8) is 0 Å². The lowest BCUT2D eigenvalue weighted by atomic mass is 10.1. The SMILES string of the molecule is O=C1N[C@H](c2ccc(OC(F)(F)F)c(F)c2)CO1. The molecule has 2 rings (SSSR count). The molecule has 1 N–H and O–H groups in total. The highest BCUT2D eigenvalue weighted by Gasteiger charge is 2.33. The third kappa shape index (κ3) is 2.82. The van der Waals surface area contributed by atoms with Crippen LogP contribution in [0.25, 0.3) is 0 Å². The van der Waals surface area contributed by atoms with E-state index < -0.39 is 30.1 Å². The van der Waals surface area contributed by atoms with Gasteiger partial charge >= 0.3 is 12.5 Å². The number of hydrogen-bond donors (Lipinski definition) is 1. The summed E-state index contributed by atoms with van der Waals surface area (Å²) in [5.74, 6) is -2.08. The molecule has 1 heterocycles. The summed E-state index contributed by atoms with van der Waals surface area (Å²) >= 11 is 0. The maximum atomic E-state index is 13.4. The van der Waals surface area contributed by atoms with E-state index >= 15 is 0 Å². The fraction of sp³-hybridized carbons (Fsp3) is 0.300. The van der Waals surface area contributed by atoms with Crippen molar-refractivity contribution in [1.82, 2.24) is 5.32 Å². The van der Waals surface area contributed by atoms with Crippen LogP contribution in [0.1, 0.15) is 11.6 Å². The van der Waals surface area contributed by atoms with Crippen molar-refractivity contribution >= 4 is 6.09 Å². The molecule has 0 bridgehead atoms. The zero-order valence-electron chi connectivity index (χ0n) is 8.75. The second-order valence-corrected chi connectivity index (χ2v) is 3.53. The quantitative estimate of drug-likeness (QED) is 0.836. The number of amides is 1. The summed E-state index contributed by atoms with van der Waals surface area (Å²) < 4.78 is 57.1. The molecule has 18 heavy (non-hydrogen) atoms. The van der Waals surface area contributed by atoms with E-state index in [-0.39, 0.29) is 6.61 Å². The van der Waals surface area contributed by atoms with Gasteiger partial charge in [0.25, 0.3) is 0 Å². The van der Waals surface area contributed by atoms with Gasteiger partial charge in [0, 0.05) is 0 Å². The number of rotatable bonds is 2. The maximum Gasteiger partial charge on any atom is 0.573 e. The molecule has 0 aliphatic carbocycles. The Hall–Kier alpha value is -1.99. The molecule has 8 heteroatoms. The van der Waals surface area contributed by atoms with Gasteiger partial charge in [0.05, 0.1) is 6.04 Å². The average molecular weight is 265 g/mol. The van der Waals surface area contributed by atoms with Crippen LogP contribution in [0, 0.1) is 5.82 Å². The number of nitrogens with one attached hydrogen (secondary N) is 1. The Bertz CT molecular complexity index is 475. The third-order valence-electron chi connectivity index (χ3n) is 2.26. The molecule has 4 nitrogen and oxygen atoms in total. The summed E-state index contributed by atoms with van der Waals surface area (Å²) in [4.78, 5) is 10.8. The number of halogens is 4. The van der Waals surface area contributed by atoms with E-state index in [2.05, 4.69) is 14.8 Å². The Morgan fingerprint density at radius 2 is 2.11 bits per heavy atom. The Balaban J connectivity index is 2.17. The fourth-order valence-electron chi connectivity index (χ4n) is 1.51. The monoisotopic (exact) mass is 265 g/mol. The minimum atomic E-state index is -4.95.